The summed E-state index contributed by atoms with van der Waals surface area (Å²) >= 11 is 0. The Bertz CT molecular complexity index is 392. The molecule has 19 heavy (non-hydrogen) atoms. The molecule has 7 nitrogen and oxygen atoms in total. The molecule has 0 spiro atoms. The molecule has 0 bridgehead atoms. The van der Waals surface area contributed by atoms with Gasteiger partial charge in [0.1, 0.15) is 18.3 Å². The van der Waals surface area contributed by atoms with Gasteiger partial charge in [-0.05, 0) is 13.8 Å². The van der Waals surface area contributed by atoms with Crippen LogP contribution < -0.4 is 0 Å². The predicted molar refractivity (Wildman–Crippen MR) is 57.1 cm³/mol. The summed E-state index contributed by atoms with van der Waals surface area (Å²) in [7, 11) is 0. The Morgan fingerprint density at radius 2 is 2.05 bits per heavy atom. The molecule has 1 aromatic rings. The number of aliphatic hydroxyl groups is 2. The number of rotatable bonds is 4. The molecule has 1 fully saturated rings. The zero-order chi connectivity index (χ0) is 13.3. The van der Waals surface area contributed by atoms with E-state index in [9.17, 15) is 9.50 Å². The maximum Gasteiger partial charge on any atom is 0.221 e. The second-order valence-electron chi connectivity index (χ2n) is 4.57. The number of alkyl halides is 1. The number of hydrogen-bond donors (Lipinski definition) is 2. The smallest absolute Gasteiger partial charge is 0.221 e. The second kappa shape index (κ2) is 6.49. The SMILES string of the molecule is CC1(C)O[C@H]([C@H](O)CO)[C@H](C(F)n2ccnn2)O1.[Sc]. The summed E-state index contributed by atoms with van der Waals surface area (Å²) in [5.41, 5.74) is 0. The molecule has 105 valence electrons. The van der Waals surface area contributed by atoms with Crippen molar-refractivity contribution in [1.82, 2.24) is 15.0 Å². The Morgan fingerprint density at radius 3 is 2.58 bits per heavy atom. The van der Waals surface area contributed by atoms with E-state index in [4.69, 9.17) is 14.6 Å². The van der Waals surface area contributed by atoms with Crippen molar-refractivity contribution < 1.29 is 49.9 Å². The van der Waals surface area contributed by atoms with Gasteiger partial charge in [0.05, 0.1) is 12.8 Å². The Labute approximate surface area is 128 Å². The van der Waals surface area contributed by atoms with Crippen LogP contribution >= 0.6 is 0 Å². The molecule has 2 heterocycles. The molecule has 0 aromatic carbocycles. The summed E-state index contributed by atoms with van der Waals surface area (Å²) in [6.45, 7) is 2.68. The van der Waals surface area contributed by atoms with Gasteiger partial charge < -0.3 is 19.7 Å². The third-order valence-electron chi connectivity index (χ3n) is 2.69. The van der Waals surface area contributed by atoms with Crippen molar-refractivity contribution in [2.45, 2.75) is 44.2 Å². The van der Waals surface area contributed by atoms with E-state index in [0.717, 1.165) is 4.68 Å². The van der Waals surface area contributed by atoms with E-state index in [-0.39, 0.29) is 25.8 Å². The van der Waals surface area contributed by atoms with Crippen molar-refractivity contribution in [2.75, 3.05) is 6.61 Å². The maximum atomic E-state index is 14.2. The van der Waals surface area contributed by atoms with E-state index in [1.807, 2.05) is 0 Å². The molecule has 2 rings (SSSR count). The predicted octanol–water partition coefficient (Wildman–Crippen LogP) is -0.383. The Morgan fingerprint density at radius 1 is 1.42 bits per heavy atom. The molecule has 0 amide bonds. The molecule has 1 saturated heterocycles. The van der Waals surface area contributed by atoms with Crippen molar-refractivity contribution >= 4 is 0 Å². The van der Waals surface area contributed by atoms with Crippen LogP contribution in [0.3, 0.4) is 0 Å². The van der Waals surface area contributed by atoms with E-state index in [0.29, 0.717) is 0 Å². The Kier molecular flexibility index (Phi) is 5.75. The first kappa shape index (κ1) is 16.8. The largest absolute Gasteiger partial charge is 0.394 e. The fraction of sp³-hybridized carbons (Fsp3) is 0.800. The molecule has 1 aliphatic heterocycles. The van der Waals surface area contributed by atoms with Crippen molar-refractivity contribution in [3.8, 4) is 0 Å². The summed E-state index contributed by atoms with van der Waals surface area (Å²) in [4.78, 5) is 0. The Balaban J connectivity index is 0.00000180. The van der Waals surface area contributed by atoms with Gasteiger partial charge >= 0.3 is 0 Å². The first-order valence-corrected chi connectivity index (χ1v) is 5.59. The standard InChI is InChI=1S/C10H16FN3O4.Sc/c1-10(2)17-7(6(16)5-15)8(18-10)9(11)14-4-3-12-13-14;/h3-4,6-9,15-16H,5H2,1-2H3;/t6-,7-,8-,9?;/m1./s1. The quantitative estimate of drug-likeness (QED) is 0.788. The van der Waals surface area contributed by atoms with E-state index < -0.39 is 37.0 Å². The first-order valence-electron chi connectivity index (χ1n) is 5.59. The van der Waals surface area contributed by atoms with Crippen LogP contribution in [0.1, 0.15) is 20.1 Å². The summed E-state index contributed by atoms with van der Waals surface area (Å²) in [6, 6.07) is 0. The molecule has 2 N–H and O–H groups in total. The third kappa shape index (κ3) is 3.66. The first-order chi connectivity index (χ1) is 8.44. The van der Waals surface area contributed by atoms with Crippen LogP contribution in [0.4, 0.5) is 4.39 Å². The van der Waals surface area contributed by atoms with Crippen LogP contribution in [-0.4, -0.2) is 55.9 Å². The summed E-state index contributed by atoms with van der Waals surface area (Å²) in [5.74, 6) is -1.03. The molecule has 4 atom stereocenters. The second-order valence-corrected chi connectivity index (χ2v) is 4.57. The molecule has 0 aliphatic carbocycles. The number of aromatic nitrogens is 3. The number of halogens is 1. The van der Waals surface area contributed by atoms with Crippen LogP contribution in [0.25, 0.3) is 0 Å². The molecule has 1 unspecified atom stereocenters. The van der Waals surface area contributed by atoms with Gasteiger partial charge in [0, 0.05) is 32.0 Å². The summed E-state index contributed by atoms with van der Waals surface area (Å²) in [5, 5.41) is 25.6. The molecule has 1 radical (unpaired) electrons. The van der Waals surface area contributed by atoms with Gasteiger partial charge in [0.15, 0.2) is 5.79 Å². The molecular formula is C10H16FN3O4Sc. The summed E-state index contributed by atoms with van der Waals surface area (Å²) in [6.07, 6.45) is -2.22. The van der Waals surface area contributed by atoms with Crippen molar-refractivity contribution in [3.63, 3.8) is 0 Å². The van der Waals surface area contributed by atoms with Gasteiger partial charge in [-0.25, -0.2) is 9.07 Å². The number of hydrogen-bond acceptors (Lipinski definition) is 6. The zero-order valence-electron chi connectivity index (χ0n) is 10.7. The van der Waals surface area contributed by atoms with E-state index in [2.05, 4.69) is 10.3 Å². The minimum absolute atomic E-state index is 0. The monoisotopic (exact) mass is 306 g/mol. The normalized spacial score (nSPS) is 28.7. The van der Waals surface area contributed by atoms with Crippen LogP contribution in [0.2, 0.25) is 0 Å². The van der Waals surface area contributed by atoms with Gasteiger partial charge in [-0.15, -0.1) is 5.10 Å². The molecule has 1 aliphatic rings. The van der Waals surface area contributed by atoms with E-state index >= 15 is 0 Å². The van der Waals surface area contributed by atoms with Crippen LogP contribution in [0.15, 0.2) is 12.4 Å². The molecule has 9 heteroatoms. The van der Waals surface area contributed by atoms with Gasteiger partial charge in [-0.2, -0.15) is 0 Å². The minimum atomic E-state index is -1.65. The van der Waals surface area contributed by atoms with Crippen molar-refractivity contribution in [3.05, 3.63) is 12.4 Å². The molecule has 0 saturated carbocycles. The topological polar surface area (TPSA) is 89.6 Å². The average Bonchev–Trinajstić information content (AvgIpc) is 2.94. The fourth-order valence-electron chi connectivity index (χ4n) is 1.93. The van der Waals surface area contributed by atoms with Crippen molar-refractivity contribution in [2.24, 2.45) is 0 Å². The number of aliphatic hydroxyl groups excluding tert-OH is 2. The molecule has 1 aromatic heterocycles. The van der Waals surface area contributed by atoms with Crippen LogP contribution in [-0.2, 0) is 35.3 Å². The van der Waals surface area contributed by atoms with Gasteiger partial charge in [0.2, 0.25) is 6.30 Å². The van der Waals surface area contributed by atoms with E-state index in [1.165, 1.54) is 12.4 Å². The Hall–Kier alpha value is -0.220. The van der Waals surface area contributed by atoms with Crippen LogP contribution in [0, 0.1) is 0 Å². The van der Waals surface area contributed by atoms with Gasteiger partial charge in [-0.1, -0.05) is 5.21 Å². The van der Waals surface area contributed by atoms with Gasteiger partial charge in [0.25, 0.3) is 0 Å². The van der Waals surface area contributed by atoms with Crippen molar-refractivity contribution in [1.29, 1.82) is 0 Å². The summed E-state index contributed by atoms with van der Waals surface area (Å²) < 4.78 is 26.0. The third-order valence-corrected chi connectivity index (χ3v) is 2.69. The average molecular weight is 306 g/mol. The number of ether oxygens (including phenoxy) is 2. The number of nitrogens with zero attached hydrogens (tertiary/aromatic N) is 3. The van der Waals surface area contributed by atoms with Gasteiger partial charge in [-0.3, -0.25) is 0 Å². The zero-order valence-corrected chi connectivity index (χ0v) is 12.5. The minimum Gasteiger partial charge on any atom is -0.394 e. The fourth-order valence-corrected chi connectivity index (χ4v) is 1.93. The van der Waals surface area contributed by atoms with Crippen LogP contribution in [0.5, 0.6) is 0 Å². The molecular weight excluding hydrogens is 290 g/mol. The van der Waals surface area contributed by atoms with E-state index in [1.54, 1.807) is 13.8 Å². The maximum absolute atomic E-state index is 14.2.